The van der Waals surface area contributed by atoms with Gasteiger partial charge in [-0.05, 0) is 77.1 Å². The van der Waals surface area contributed by atoms with Gasteiger partial charge in [0.2, 0.25) is 17.7 Å². The summed E-state index contributed by atoms with van der Waals surface area (Å²) in [6, 6.07) is 5.66. The third-order valence-electron chi connectivity index (χ3n) is 9.99. The zero-order chi connectivity index (χ0) is 32.8. The van der Waals surface area contributed by atoms with Crippen molar-refractivity contribution in [3.8, 4) is 5.75 Å². The molecule has 9 heteroatoms. The van der Waals surface area contributed by atoms with Gasteiger partial charge in [0, 0.05) is 24.3 Å². The van der Waals surface area contributed by atoms with Crippen LogP contribution < -0.4 is 9.64 Å². The number of rotatable bonds is 12. The van der Waals surface area contributed by atoms with E-state index in [1.165, 1.54) is 0 Å². The van der Waals surface area contributed by atoms with Crippen molar-refractivity contribution in [3.63, 3.8) is 0 Å². The van der Waals surface area contributed by atoms with Crippen molar-refractivity contribution in [2.45, 2.75) is 90.6 Å². The quantitative estimate of drug-likeness (QED) is 0.352. The van der Waals surface area contributed by atoms with E-state index in [2.05, 4.69) is 13.2 Å². The van der Waals surface area contributed by atoms with Gasteiger partial charge in [0.15, 0.2) is 0 Å². The van der Waals surface area contributed by atoms with Crippen LogP contribution >= 0.6 is 0 Å². The van der Waals surface area contributed by atoms with Gasteiger partial charge in [0.05, 0.1) is 36.7 Å². The van der Waals surface area contributed by atoms with Gasteiger partial charge in [0.25, 0.3) is 0 Å². The zero-order valence-electron chi connectivity index (χ0n) is 27.7. The van der Waals surface area contributed by atoms with Crippen LogP contribution in [0.5, 0.6) is 5.75 Å². The van der Waals surface area contributed by atoms with E-state index in [0.29, 0.717) is 24.5 Å². The van der Waals surface area contributed by atoms with E-state index in [-0.39, 0.29) is 49.3 Å². The minimum atomic E-state index is -1.23. The summed E-state index contributed by atoms with van der Waals surface area (Å²) in [5.41, 5.74) is -2.13. The Morgan fingerprint density at radius 3 is 2.27 bits per heavy atom. The molecule has 3 unspecified atom stereocenters. The van der Waals surface area contributed by atoms with Crippen LogP contribution in [0, 0.1) is 23.7 Å². The van der Waals surface area contributed by atoms with Crippen molar-refractivity contribution in [1.82, 2.24) is 9.80 Å². The molecule has 0 aliphatic carbocycles. The maximum atomic E-state index is 14.8. The second-order valence-electron chi connectivity index (χ2n) is 14.0. The van der Waals surface area contributed by atoms with Gasteiger partial charge in [0.1, 0.15) is 17.4 Å². The molecule has 44 heavy (non-hydrogen) atoms. The molecule has 3 saturated heterocycles. The van der Waals surface area contributed by atoms with Crippen molar-refractivity contribution in [2.75, 3.05) is 31.2 Å². The number of aliphatic hydroxyl groups excluding tert-OH is 1. The molecule has 4 rings (SSSR count). The lowest BCUT2D eigenvalue weighted by Crippen LogP contribution is -2.62. The third kappa shape index (κ3) is 5.26. The SMILES string of the molecule is C=CCN(C(=O)[C@@H]1[C@H]2C(=O)N([C@@H](CO)C(C)C)C(C(=O)N(CC=C)C(C)(C)C)C23CC(C)[C@@]1(C)O3)c1ccc(OCC)cc1. The Kier molecular flexibility index (Phi) is 9.44. The first-order chi connectivity index (χ1) is 20.6. The number of nitrogens with zero attached hydrogens (tertiary/aromatic N) is 3. The zero-order valence-corrected chi connectivity index (χ0v) is 27.7. The van der Waals surface area contributed by atoms with Crippen LogP contribution in [0.4, 0.5) is 5.69 Å². The molecular weight excluding hydrogens is 558 g/mol. The molecule has 0 radical (unpaired) electrons. The van der Waals surface area contributed by atoms with Crippen molar-refractivity contribution in [1.29, 1.82) is 0 Å². The third-order valence-corrected chi connectivity index (χ3v) is 9.99. The molecule has 0 aromatic heterocycles. The predicted molar refractivity (Wildman–Crippen MR) is 171 cm³/mol. The summed E-state index contributed by atoms with van der Waals surface area (Å²) in [7, 11) is 0. The first-order valence-corrected chi connectivity index (χ1v) is 15.8. The van der Waals surface area contributed by atoms with Gasteiger partial charge in [-0.25, -0.2) is 0 Å². The largest absolute Gasteiger partial charge is 0.494 e. The molecule has 3 aliphatic heterocycles. The molecule has 7 atom stereocenters. The van der Waals surface area contributed by atoms with E-state index in [0.717, 1.165) is 0 Å². The summed E-state index contributed by atoms with van der Waals surface area (Å²) >= 11 is 0. The number of anilines is 1. The maximum Gasteiger partial charge on any atom is 0.249 e. The van der Waals surface area contributed by atoms with Crippen LogP contribution in [0.1, 0.15) is 61.8 Å². The summed E-state index contributed by atoms with van der Waals surface area (Å²) < 4.78 is 12.6. The molecule has 1 N–H and O–H groups in total. The average molecular weight is 610 g/mol. The maximum absolute atomic E-state index is 14.8. The fraction of sp³-hybridized carbons (Fsp3) is 0.629. The molecular formula is C35H51N3O6. The number of ether oxygens (including phenoxy) is 2. The van der Waals surface area contributed by atoms with Crippen LogP contribution in [0.2, 0.25) is 0 Å². The molecule has 1 aromatic rings. The van der Waals surface area contributed by atoms with Gasteiger partial charge < -0.3 is 29.3 Å². The molecule has 9 nitrogen and oxygen atoms in total. The normalized spacial score (nSPS) is 29.9. The van der Waals surface area contributed by atoms with Gasteiger partial charge >= 0.3 is 0 Å². The van der Waals surface area contributed by atoms with Gasteiger partial charge in [-0.3, -0.25) is 14.4 Å². The number of carbonyl (C=O) groups excluding carboxylic acids is 3. The first kappa shape index (κ1) is 33.7. The van der Waals surface area contributed by atoms with E-state index >= 15 is 0 Å². The van der Waals surface area contributed by atoms with E-state index in [4.69, 9.17) is 9.47 Å². The Morgan fingerprint density at radius 2 is 1.77 bits per heavy atom. The number of aliphatic hydroxyl groups is 1. The number of benzene rings is 1. The Balaban J connectivity index is 1.87. The molecule has 1 aromatic carbocycles. The van der Waals surface area contributed by atoms with E-state index in [1.54, 1.807) is 26.9 Å². The van der Waals surface area contributed by atoms with Crippen molar-refractivity contribution >= 4 is 23.4 Å². The highest BCUT2D eigenvalue weighted by atomic mass is 16.5. The van der Waals surface area contributed by atoms with Crippen molar-refractivity contribution < 1.29 is 29.0 Å². The Hall–Kier alpha value is -3.17. The molecule has 2 bridgehead atoms. The molecule has 242 valence electrons. The Labute approximate surface area is 262 Å². The Bertz CT molecular complexity index is 1270. The van der Waals surface area contributed by atoms with Crippen LogP contribution in [0.15, 0.2) is 49.6 Å². The molecule has 3 fully saturated rings. The highest BCUT2D eigenvalue weighted by molar-refractivity contribution is 6.03. The van der Waals surface area contributed by atoms with Gasteiger partial charge in [-0.2, -0.15) is 0 Å². The number of amides is 3. The number of carbonyl (C=O) groups is 3. The first-order valence-electron chi connectivity index (χ1n) is 15.8. The highest BCUT2D eigenvalue weighted by Crippen LogP contribution is 2.66. The van der Waals surface area contributed by atoms with E-state index < -0.39 is 40.7 Å². The average Bonchev–Trinajstić information content (AvgIpc) is 3.47. The van der Waals surface area contributed by atoms with Crippen LogP contribution in [0.25, 0.3) is 0 Å². The topological polar surface area (TPSA) is 99.6 Å². The van der Waals surface area contributed by atoms with Crippen LogP contribution in [-0.4, -0.2) is 87.8 Å². The lowest BCUT2D eigenvalue weighted by molar-refractivity contribution is -0.159. The van der Waals surface area contributed by atoms with Crippen molar-refractivity contribution in [2.24, 2.45) is 23.7 Å². The lowest BCUT2D eigenvalue weighted by atomic mass is 9.62. The monoisotopic (exact) mass is 609 g/mol. The van der Waals surface area contributed by atoms with Crippen molar-refractivity contribution in [3.05, 3.63) is 49.6 Å². The standard InChI is InChI=1S/C35H51N3O6/c1-11-18-36(24-14-16-25(17-15-24)43-13-3)30(40)27-28-31(41)38(26(21-39)22(4)5)29(32(42)37(19-12-2)33(7,8)9)35(28)20-23(6)34(27,10)44-35/h11-12,14-17,22-23,26-29,39H,1-2,13,18-21H2,3-10H3/t23?,26-,27-,28-,29?,34+,35?/m0/s1. The molecule has 3 amide bonds. The fourth-order valence-corrected chi connectivity index (χ4v) is 7.79. The molecule has 3 heterocycles. The minimum absolute atomic E-state index is 0.115. The number of likely N-dealkylation sites (tertiary alicyclic amines) is 1. The van der Waals surface area contributed by atoms with E-state index in [9.17, 15) is 19.5 Å². The molecule has 0 saturated carbocycles. The summed E-state index contributed by atoms with van der Waals surface area (Å²) in [5, 5.41) is 10.6. The lowest BCUT2D eigenvalue weighted by Gasteiger charge is -2.44. The fourth-order valence-electron chi connectivity index (χ4n) is 7.79. The summed E-state index contributed by atoms with van der Waals surface area (Å²) in [5.74, 6) is -2.12. The predicted octanol–water partition coefficient (Wildman–Crippen LogP) is 4.45. The van der Waals surface area contributed by atoms with E-state index in [1.807, 2.05) is 79.7 Å². The molecule has 3 aliphatic rings. The number of hydrogen-bond acceptors (Lipinski definition) is 6. The van der Waals surface area contributed by atoms with Gasteiger partial charge in [-0.1, -0.05) is 32.9 Å². The number of fused-ring (bicyclic) bond motifs is 1. The van der Waals surface area contributed by atoms with Crippen LogP contribution in [0.3, 0.4) is 0 Å². The highest BCUT2D eigenvalue weighted by Gasteiger charge is 2.80. The summed E-state index contributed by atoms with van der Waals surface area (Å²) in [6.07, 6.45) is 3.79. The van der Waals surface area contributed by atoms with Gasteiger partial charge in [-0.15, -0.1) is 13.2 Å². The minimum Gasteiger partial charge on any atom is -0.494 e. The van der Waals surface area contributed by atoms with Crippen LogP contribution in [-0.2, 0) is 19.1 Å². The second-order valence-corrected chi connectivity index (χ2v) is 14.0. The molecule has 1 spiro atoms. The number of hydrogen-bond donors (Lipinski definition) is 1. The second kappa shape index (κ2) is 12.3. The summed E-state index contributed by atoms with van der Waals surface area (Å²) in [4.78, 5) is 49.2. The smallest absolute Gasteiger partial charge is 0.249 e. The Morgan fingerprint density at radius 1 is 1.16 bits per heavy atom. The summed E-state index contributed by atoms with van der Waals surface area (Å²) in [6.45, 7) is 24.0.